The van der Waals surface area contributed by atoms with Gasteiger partial charge in [-0.05, 0) is 0 Å². The first-order valence-electron chi connectivity index (χ1n) is 7.23. The maximum absolute atomic E-state index is 2.48. The molecule has 0 aliphatic carbocycles. The van der Waals surface area contributed by atoms with Crippen molar-refractivity contribution in [1.29, 1.82) is 0 Å². The molecule has 0 fully saturated rings. The minimum absolute atomic E-state index is 1.36. The third-order valence-electron chi connectivity index (χ3n) is 4.34. The van der Waals surface area contributed by atoms with Crippen LogP contribution in [-0.2, 0) is 0 Å². The van der Waals surface area contributed by atoms with Gasteiger partial charge in [0.1, 0.15) is 0 Å². The Morgan fingerprint density at radius 1 is 0.600 bits per heavy atom. The van der Waals surface area contributed by atoms with Crippen molar-refractivity contribution in [2.24, 2.45) is 0 Å². The molecule has 0 amide bonds. The van der Waals surface area contributed by atoms with Crippen LogP contribution in [0.15, 0.2) is 54.6 Å². The molecule has 0 heterocycles. The van der Waals surface area contributed by atoms with Crippen molar-refractivity contribution in [3.63, 3.8) is 0 Å². The summed E-state index contributed by atoms with van der Waals surface area (Å²) in [7, 11) is 0. The second-order valence-electron chi connectivity index (χ2n) is 6.72. The third kappa shape index (κ3) is 1.61. The molecule has 4 aromatic carbocycles. The summed E-state index contributed by atoms with van der Waals surface area (Å²) in [6.07, 6.45) is 0. The molecule has 0 unspecified atom stereocenters. The quantitative estimate of drug-likeness (QED) is 0.337. The van der Waals surface area contributed by atoms with Gasteiger partial charge in [0.2, 0.25) is 0 Å². The zero-order chi connectivity index (χ0) is 13.9. The summed E-state index contributed by atoms with van der Waals surface area (Å²) in [6.45, 7) is 0. The van der Waals surface area contributed by atoms with Crippen molar-refractivity contribution in [1.82, 2.24) is 0 Å². The van der Waals surface area contributed by atoms with Gasteiger partial charge in [-0.2, -0.15) is 0 Å². The zero-order valence-electron chi connectivity index (χ0n) is 12.2. The van der Waals surface area contributed by atoms with Gasteiger partial charge >= 0.3 is 122 Å². The minimum atomic E-state index is -1.85. The van der Waals surface area contributed by atoms with E-state index in [1.807, 2.05) is 0 Å². The molecule has 0 saturated carbocycles. The summed E-state index contributed by atoms with van der Waals surface area (Å²) in [5.74, 6) is 7.43. The molecule has 0 aliphatic heterocycles. The Hall–Kier alpha value is -1.54. The van der Waals surface area contributed by atoms with Crippen molar-refractivity contribution >= 4 is 50.0 Å². The first-order chi connectivity index (χ1) is 9.55. The summed E-state index contributed by atoms with van der Waals surface area (Å²) in [6, 6.07) is 20.5. The monoisotopic (exact) mass is 320 g/mol. The van der Waals surface area contributed by atoms with Crippen LogP contribution in [0.25, 0.3) is 32.3 Å². The SMILES string of the molecule is [CH3][Ge]([CH3])([CH3])[c]1ccc2ccc3cccc4ccc1c2c34. The third-order valence-corrected chi connectivity index (χ3v) is 8.64. The summed E-state index contributed by atoms with van der Waals surface area (Å²) in [4.78, 5) is 0. The first kappa shape index (κ1) is 12.2. The van der Waals surface area contributed by atoms with Gasteiger partial charge in [-0.1, -0.05) is 0 Å². The predicted molar refractivity (Wildman–Crippen MR) is 93.1 cm³/mol. The Kier molecular flexibility index (Phi) is 2.44. The summed E-state index contributed by atoms with van der Waals surface area (Å²) in [5.41, 5.74) is 0. The summed E-state index contributed by atoms with van der Waals surface area (Å²) in [5, 5.41) is 8.49. The molecule has 4 aromatic rings. The van der Waals surface area contributed by atoms with Gasteiger partial charge in [-0.3, -0.25) is 0 Å². The average Bonchev–Trinajstić information content (AvgIpc) is 2.43. The van der Waals surface area contributed by atoms with Crippen LogP contribution in [0.1, 0.15) is 0 Å². The molecule has 20 heavy (non-hydrogen) atoms. The van der Waals surface area contributed by atoms with Gasteiger partial charge < -0.3 is 0 Å². The van der Waals surface area contributed by atoms with Gasteiger partial charge in [0.05, 0.1) is 0 Å². The fraction of sp³-hybridized carbons (Fsp3) is 0.158. The topological polar surface area (TPSA) is 0 Å². The molecule has 0 saturated heterocycles. The fourth-order valence-corrected chi connectivity index (χ4v) is 6.75. The van der Waals surface area contributed by atoms with E-state index in [-0.39, 0.29) is 0 Å². The Labute approximate surface area is 122 Å². The molecule has 98 valence electrons. The van der Waals surface area contributed by atoms with Crippen LogP contribution in [0.3, 0.4) is 0 Å². The first-order valence-corrected chi connectivity index (χ1v) is 14.6. The number of hydrogen-bond acceptors (Lipinski definition) is 0. The standard InChI is InChI=1S/C19H18Ge/c1-20(2,3)17-12-10-15-8-7-13-5-4-6-14-9-11-16(17)19(15)18(13)14/h4-12H,1-3H3. The normalized spacial score (nSPS) is 12.8. The van der Waals surface area contributed by atoms with Crippen LogP contribution in [0.5, 0.6) is 0 Å². The van der Waals surface area contributed by atoms with Crippen molar-refractivity contribution in [2.45, 2.75) is 17.3 Å². The van der Waals surface area contributed by atoms with Crippen LogP contribution >= 0.6 is 0 Å². The Morgan fingerprint density at radius 3 is 1.80 bits per heavy atom. The maximum atomic E-state index is 2.48. The van der Waals surface area contributed by atoms with Gasteiger partial charge in [0.25, 0.3) is 0 Å². The summed E-state index contributed by atoms with van der Waals surface area (Å²) >= 11 is -1.85. The van der Waals surface area contributed by atoms with E-state index in [2.05, 4.69) is 71.9 Å². The van der Waals surface area contributed by atoms with Crippen LogP contribution in [0.2, 0.25) is 17.3 Å². The van der Waals surface area contributed by atoms with Crippen molar-refractivity contribution in [2.75, 3.05) is 0 Å². The number of rotatable bonds is 1. The van der Waals surface area contributed by atoms with Gasteiger partial charge in [0, 0.05) is 0 Å². The molecular weight excluding hydrogens is 301 g/mol. The van der Waals surface area contributed by atoms with Gasteiger partial charge in [0.15, 0.2) is 0 Å². The van der Waals surface area contributed by atoms with E-state index < -0.39 is 13.3 Å². The Balaban J connectivity index is 2.32. The molecule has 0 radical (unpaired) electrons. The second kappa shape index (κ2) is 3.98. The molecule has 0 spiro atoms. The molecule has 1 heteroatoms. The zero-order valence-corrected chi connectivity index (χ0v) is 14.3. The second-order valence-corrected chi connectivity index (χ2v) is 17.3. The Bertz CT molecular complexity index is 913. The van der Waals surface area contributed by atoms with Crippen LogP contribution in [0, 0.1) is 0 Å². The van der Waals surface area contributed by atoms with E-state index in [1.165, 1.54) is 32.3 Å². The number of hydrogen-bond donors (Lipinski definition) is 0. The van der Waals surface area contributed by atoms with Gasteiger partial charge in [-0.25, -0.2) is 0 Å². The molecular formula is C19H18Ge. The fourth-order valence-electron chi connectivity index (χ4n) is 3.39. The van der Waals surface area contributed by atoms with E-state index in [4.69, 9.17) is 0 Å². The molecule has 0 aromatic heterocycles. The predicted octanol–water partition coefficient (Wildman–Crippen LogP) is 5.13. The van der Waals surface area contributed by atoms with Crippen molar-refractivity contribution in [3.8, 4) is 0 Å². The molecule has 4 rings (SSSR count). The molecule has 0 atom stereocenters. The van der Waals surface area contributed by atoms with E-state index in [0.29, 0.717) is 0 Å². The number of benzene rings is 4. The molecule has 0 bridgehead atoms. The van der Waals surface area contributed by atoms with Crippen LogP contribution < -0.4 is 4.40 Å². The van der Waals surface area contributed by atoms with Crippen molar-refractivity contribution in [3.05, 3.63) is 54.6 Å². The van der Waals surface area contributed by atoms with Crippen LogP contribution in [-0.4, -0.2) is 13.3 Å². The van der Waals surface area contributed by atoms with Crippen molar-refractivity contribution < 1.29 is 0 Å². The van der Waals surface area contributed by atoms with E-state index in [9.17, 15) is 0 Å². The molecule has 0 aliphatic rings. The Morgan fingerprint density at radius 2 is 1.15 bits per heavy atom. The van der Waals surface area contributed by atoms with Crippen LogP contribution in [0.4, 0.5) is 0 Å². The molecule has 0 nitrogen and oxygen atoms in total. The van der Waals surface area contributed by atoms with E-state index >= 15 is 0 Å². The van der Waals surface area contributed by atoms with E-state index in [0.717, 1.165) is 0 Å². The molecule has 0 N–H and O–H groups in total. The average molecular weight is 319 g/mol. The van der Waals surface area contributed by atoms with Gasteiger partial charge in [-0.15, -0.1) is 0 Å². The summed E-state index contributed by atoms with van der Waals surface area (Å²) < 4.78 is 1.62. The van der Waals surface area contributed by atoms with E-state index in [1.54, 1.807) is 4.40 Å².